The third kappa shape index (κ3) is 2.51. The first-order valence-electron chi connectivity index (χ1n) is 5.98. The van der Waals surface area contributed by atoms with E-state index in [2.05, 4.69) is 5.32 Å². The normalized spacial score (nSPS) is 18.1. The number of hydrogen-bond donors (Lipinski definition) is 2. The van der Waals surface area contributed by atoms with Gasteiger partial charge in [0.25, 0.3) is 5.91 Å². The van der Waals surface area contributed by atoms with Crippen LogP contribution in [0.5, 0.6) is 0 Å². The maximum absolute atomic E-state index is 12.5. The lowest BCUT2D eigenvalue weighted by Crippen LogP contribution is -2.63. The molecule has 19 heavy (non-hydrogen) atoms. The van der Waals surface area contributed by atoms with E-state index in [1.807, 2.05) is 0 Å². The van der Waals surface area contributed by atoms with Crippen LogP contribution in [0, 0.1) is 0 Å². The van der Waals surface area contributed by atoms with Gasteiger partial charge in [-0.25, -0.2) is 0 Å². The Morgan fingerprint density at radius 2 is 2.11 bits per heavy atom. The number of nitrogens with two attached hydrogens (primary N) is 1. The van der Waals surface area contributed by atoms with Crippen LogP contribution < -0.4 is 11.1 Å². The number of halogens is 1. The van der Waals surface area contributed by atoms with Gasteiger partial charge in [0.2, 0.25) is 5.91 Å². The molecule has 2 amide bonds. The number of nitrogens with zero attached hydrogens (tertiary/aromatic N) is 1. The van der Waals surface area contributed by atoms with Gasteiger partial charge in [0.05, 0.1) is 0 Å². The number of hydrogen-bond acceptors (Lipinski definition) is 3. The number of nitrogen functional groups attached to an aromatic ring is 1. The molecule has 102 valence electrons. The number of benzene rings is 1. The summed E-state index contributed by atoms with van der Waals surface area (Å²) in [6.07, 6.45) is 0. The van der Waals surface area contributed by atoms with Gasteiger partial charge in [-0.15, -0.1) is 0 Å². The molecule has 5 nitrogen and oxygen atoms in total. The summed E-state index contributed by atoms with van der Waals surface area (Å²) < 4.78 is 0. The molecule has 1 aromatic carbocycles. The zero-order valence-corrected chi connectivity index (χ0v) is 11.6. The molecule has 1 aromatic rings. The van der Waals surface area contributed by atoms with E-state index >= 15 is 0 Å². The van der Waals surface area contributed by atoms with Crippen LogP contribution in [0.3, 0.4) is 0 Å². The molecule has 3 N–H and O–H groups in total. The van der Waals surface area contributed by atoms with Gasteiger partial charge in [-0.05, 0) is 32.0 Å². The minimum atomic E-state index is -0.883. The Labute approximate surface area is 116 Å². The molecule has 0 unspecified atom stereocenters. The zero-order chi connectivity index (χ0) is 14.2. The summed E-state index contributed by atoms with van der Waals surface area (Å²) in [6.45, 7) is 4.34. The molecule has 0 saturated carbocycles. The van der Waals surface area contributed by atoms with E-state index in [1.54, 1.807) is 32.0 Å². The molecule has 0 spiro atoms. The van der Waals surface area contributed by atoms with Crippen molar-refractivity contribution in [1.29, 1.82) is 0 Å². The lowest BCUT2D eigenvalue weighted by atomic mass is 9.97. The second kappa shape index (κ2) is 4.74. The van der Waals surface area contributed by atoms with Crippen LogP contribution in [0.1, 0.15) is 24.2 Å². The number of carbonyl (C=O) groups excluding carboxylic acids is 2. The van der Waals surface area contributed by atoms with Gasteiger partial charge >= 0.3 is 0 Å². The molecule has 0 aliphatic carbocycles. The molecule has 0 bridgehead atoms. The summed E-state index contributed by atoms with van der Waals surface area (Å²) in [5.74, 6) is -0.406. The number of piperazine rings is 1. The summed E-state index contributed by atoms with van der Waals surface area (Å²) in [5.41, 5.74) is 5.63. The first kappa shape index (κ1) is 13.7. The van der Waals surface area contributed by atoms with Crippen molar-refractivity contribution >= 4 is 29.1 Å². The Bertz CT molecular complexity index is 522. The largest absolute Gasteiger partial charge is 0.399 e. The molecule has 1 saturated heterocycles. The van der Waals surface area contributed by atoms with Crippen LogP contribution >= 0.6 is 11.6 Å². The molecule has 1 fully saturated rings. The van der Waals surface area contributed by atoms with Gasteiger partial charge in [-0.2, -0.15) is 0 Å². The summed E-state index contributed by atoms with van der Waals surface area (Å²) in [7, 11) is 0. The maximum atomic E-state index is 12.5. The molecule has 1 heterocycles. The number of carbonyl (C=O) groups is 2. The van der Waals surface area contributed by atoms with E-state index < -0.39 is 5.54 Å². The van der Waals surface area contributed by atoms with Gasteiger partial charge in [0, 0.05) is 29.4 Å². The van der Waals surface area contributed by atoms with Gasteiger partial charge in [-0.1, -0.05) is 11.6 Å². The highest BCUT2D eigenvalue weighted by atomic mass is 35.5. The number of rotatable bonds is 1. The summed E-state index contributed by atoms with van der Waals surface area (Å²) in [6, 6.07) is 4.70. The van der Waals surface area contributed by atoms with Crippen molar-refractivity contribution in [1.82, 2.24) is 10.2 Å². The van der Waals surface area contributed by atoms with Crippen molar-refractivity contribution in [3.05, 3.63) is 28.8 Å². The second-order valence-corrected chi connectivity index (χ2v) is 5.48. The Kier molecular flexibility index (Phi) is 3.41. The SMILES string of the molecule is CC1(C)C(=O)NCCN1C(=O)c1cc(N)cc(Cl)c1. The highest BCUT2D eigenvalue weighted by Gasteiger charge is 2.40. The number of amides is 2. The maximum Gasteiger partial charge on any atom is 0.254 e. The van der Waals surface area contributed by atoms with Gasteiger partial charge in [-0.3, -0.25) is 9.59 Å². The van der Waals surface area contributed by atoms with Gasteiger partial charge in [0.1, 0.15) is 5.54 Å². The van der Waals surface area contributed by atoms with E-state index in [0.717, 1.165) is 0 Å². The highest BCUT2D eigenvalue weighted by molar-refractivity contribution is 6.31. The zero-order valence-electron chi connectivity index (χ0n) is 10.9. The first-order valence-corrected chi connectivity index (χ1v) is 6.36. The minimum Gasteiger partial charge on any atom is -0.399 e. The fourth-order valence-electron chi connectivity index (χ4n) is 2.15. The molecule has 0 atom stereocenters. The number of anilines is 1. The molecule has 2 rings (SSSR count). The lowest BCUT2D eigenvalue weighted by molar-refractivity contribution is -0.133. The van der Waals surface area contributed by atoms with E-state index in [0.29, 0.717) is 29.4 Å². The standard InChI is InChI=1S/C13H16ClN3O2/c1-13(2)12(19)16-3-4-17(13)11(18)8-5-9(14)7-10(15)6-8/h5-7H,3-4,15H2,1-2H3,(H,16,19). The molecule has 0 aromatic heterocycles. The van der Waals surface area contributed by atoms with E-state index in [1.165, 1.54) is 4.90 Å². The quantitative estimate of drug-likeness (QED) is 0.761. The Morgan fingerprint density at radius 1 is 1.42 bits per heavy atom. The Hall–Kier alpha value is -1.75. The average Bonchev–Trinajstić information content (AvgIpc) is 2.30. The third-order valence-corrected chi connectivity index (χ3v) is 3.48. The van der Waals surface area contributed by atoms with Crippen LogP contribution in [0.2, 0.25) is 5.02 Å². The van der Waals surface area contributed by atoms with Crippen molar-refractivity contribution in [2.24, 2.45) is 0 Å². The van der Waals surface area contributed by atoms with Gasteiger partial charge < -0.3 is 16.0 Å². The van der Waals surface area contributed by atoms with Crippen molar-refractivity contribution in [3.8, 4) is 0 Å². The predicted octanol–water partition coefficient (Wildman–Crippen LogP) is 1.27. The van der Waals surface area contributed by atoms with E-state index in [-0.39, 0.29) is 11.8 Å². The van der Waals surface area contributed by atoms with Crippen LogP contribution in [0.25, 0.3) is 0 Å². The summed E-state index contributed by atoms with van der Waals surface area (Å²) >= 11 is 5.90. The lowest BCUT2D eigenvalue weighted by Gasteiger charge is -2.41. The van der Waals surface area contributed by atoms with Crippen molar-refractivity contribution in [2.45, 2.75) is 19.4 Å². The molecular formula is C13H16ClN3O2. The molecular weight excluding hydrogens is 266 g/mol. The van der Waals surface area contributed by atoms with Crippen molar-refractivity contribution in [2.75, 3.05) is 18.8 Å². The van der Waals surface area contributed by atoms with E-state index in [4.69, 9.17) is 17.3 Å². The van der Waals surface area contributed by atoms with Gasteiger partial charge in [0.15, 0.2) is 0 Å². The molecule has 1 aliphatic heterocycles. The first-order chi connectivity index (χ1) is 8.82. The van der Waals surface area contributed by atoms with Crippen LogP contribution in [0.15, 0.2) is 18.2 Å². The Balaban J connectivity index is 2.35. The fourth-order valence-corrected chi connectivity index (χ4v) is 2.39. The van der Waals surface area contributed by atoms with Crippen LogP contribution in [0.4, 0.5) is 5.69 Å². The van der Waals surface area contributed by atoms with E-state index in [9.17, 15) is 9.59 Å². The smallest absolute Gasteiger partial charge is 0.254 e. The van der Waals surface area contributed by atoms with Crippen LogP contribution in [-0.4, -0.2) is 35.3 Å². The van der Waals surface area contributed by atoms with Crippen molar-refractivity contribution in [3.63, 3.8) is 0 Å². The fraction of sp³-hybridized carbons (Fsp3) is 0.385. The monoisotopic (exact) mass is 281 g/mol. The molecule has 0 radical (unpaired) electrons. The second-order valence-electron chi connectivity index (χ2n) is 5.04. The van der Waals surface area contributed by atoms with Crippen LogP contribution in [-0.2, 0) is 4.79 Å². The predicted molar refractivity (Wildman–Crippen MR) is 74.0 cm³/mol. The Morgan fingerprint density at radius 3 is 2.74 bits per heavy atom. The summed E-state index contributed by atoms with van der Waals surface area (Å²) in [4.78, 5) is 25.9. The average molecular weight is 282 g/mol. The minimum absolute atomic E-state index is 0.165. The molecule has 1 aliphatic rings. The number of nitrogens with one attached hydrogen (secondary N) is 1. The third-order valence-electron chi connectivity index (χ3n) is 3.26. The van der Waals surface area contributed by atoms with Crippen molar-refractivity contribution < 1.29 is 9.59 Å². The molecule has 6 heteroatoms. The topological polar surface area (TPSA) is 75.4 Å². The highest BCUT2D eigenvalue weighted by Crippen LogP contribution is 2.23. The summed E-state index contributed by atoms with van der Waals surface area (Å²) in [5, 5.41) is 3.15.